The third-order valence-corrected chi connectivity index (χ3v) is 5.43. The Bertz CT molecular complexity index is 961. The zero-order valence-electron chi connectivity index (χ0n) is 15.1. The lowest BCUT2D eigenvalue weighted by atomic mass is 10.1. The zero-order valence-corrected chi connectivity index (χ0v) is 18.1. The second-order valence-corrected chi connectivity index (χ2v) is 8.87. The highest BCUT2D eigenvalue weighted by Gasteiger charge is 2.21. The average Bonchev–Trinajstić information content (AvgIpc) is 2.63. The Morgan fingerprint density at radius 2 is 1.93 bits per heavy atom. The zero-order chi connectivity index (χ0) is 20.0. The maximum absolute atomic E-state index is 12.3. The minimum atomic E-state index is -3.67. The molecule has 2 aromatic carbocycles. The molecule has 1 N–H and O–H groups in total. The number of nitrogens with zero attached hydrogens (tertiary/aromatic N) is 2. The largest absolute Gasteiger partial charge is 0.497 e. The third-order valence-electron chi connectivity index (χ3n) is 3.62. The quantitative estimate of drug-likeness (QED) is 0.359. The molecule has 0 spiro atoms. The van der Waals surface area contributed by atoms with Crippen LogP contribution in [0.25, 0.3) is 0 Å². The monoisotopic (exact) mass is 501 g/mol. The molecule has 0 saturated carbocycles. The van der Waals surface area contributed by atoms with Gasteiger partial charge in [-0.25, -0.2) is 13.8 Å². The molecule has 0 saturated heterocycles. The number of halogens is 1. The van der Waals surface area contributed by atoms with E-state index in [1.165, 1.54) is 7.11 Å². The van der Waals surface area contributed by atoms with Crippen molar-refractivity contribution in [1.82, 2.24) is 5.43 Å². The summed E-state index contributed by atoms with van der Waals surface area (Å²) in [6.45, 7) is 1.37. The first-order valence-corrected chi connectivity index (χ1v) is 10.8. The topological polar surface area (TPSA) is 88.1 Å². The number of amides is 1. The van der Waals surface area contributed by atoms with Gasteiger partial charge >= 0.3 is 0 Å². The summed E-state index contributed by atoms with van der Waals surface area (Å²) in [5, 5.41) is 4.07. The molecule has 0 aliphatic rings. The lowest BCUT2D eigenvalue weighted by molar-refractivity contribution is -0.119. The highest BCUT2D eigenvalue weighted by Crippen LogP contribution is 2.22. The molecule has 0 heterocycles. The number of carbonyl (C=O) groups excluding carboxylic acids is 1. The van der Waals surface area contributed by atoms with E-state index in [1.807, 2.05) is 24.3 Å². The van der Waals surface area contributed by atoms with Crippen LogP contribution in [0.2, 0.25) is 0 Å². The number of hydrogen-bond donors (Lipinski definition) is 1. The van der Waals surface area contributed by atoms with Crippen LogP contribution in [-0.4, -0.2) is 39.9 Å². The third kappa shape index (κ3) is 6.21. The minimum absolute atomic E-state index is 0.338. The molecule has 27 heavy (non-hydrogen) atoms. The Morgan fingerprint density at radius 3 is 2.56 bits per heavy atom. The van der Waals surface area contributed by atoms with E-state index in [9.17, 15) is 13.2 Å². The van der Waals surface area contributed by atoms with Crippen LogP contribution in [-0.2, 0) is 14.8 Å². The fourth-order valence-electron chi connectivity index (χ4n) is 2.26. The van der Waals surface area contributed by atoms with Crippen LogP contribution in [0, 0.1) is 3.57 Å². The number of benzene rings is 2. The van der Waals surface area contributed by atoms with Crippen LogP contribution < -0.4 is 14.5 Å². The molecule has 0 atom stereocenters. The van der Waals surface area contributed by atoms with Gasteiger partial charge in [0.2, 0.25) is 10.0 Å². The molecule has 7 nitrogen and oxygen atoms in total. The number of nitrogens with one attached hydrogen (secondary N) is 1. The average molecular weight is 501 g/mol. The summed E-state index contributed by atoms with van der Waals surface area (Å²) in [6, 6.07) is 14.2. The smallest absolute Gasteiger partial charge is 0.260 e. The fourth-order valence-corrected chi connectivity index (χ4v) is 3.65. The lowest BCUT2D eigenvalue weighted by Gasteiger charge is -2.21. The van der Waals surface area contributed by atoms with E-state index < -0.39 is 22.5 Å². The maximum atomic E-state index is 12.3. The second-order valence-electron chi connectivity index (χ2n) is 5.71. The van der Waals surface area contributed by atoms with Gasteiger partial charge in [0.05, 0.1) is 24.8 Å². The van der Waals surface area contributed by atoms with Crippen LogP contribution in [0.3, 0.4) is 0 Å². The Labute approximate surface area is 172 Å². The van der Waals surface area contributed by atoms with Crippen molar-refractivity contribution in [3.8, 4) is 5.75 Å². The number of ether oxygens (including phenoxy) is 1. The number of sulfonamides is 1. The van der Waals surface area contributed by atoms with Crippen molar-refractivity contribution in [2.75, 3.05) is 24.2 Å². The van der Waals surface area contributed by atoms with Gasteiger partial charge in [-0.3, -0.25) is 9.10 Å². The highest BCUT2D eigenvalue weighted by atomic mass is 127. The molecule has 9 heteroatoms. The molecule has 2 aromatic rings. The van der Waals surface area contributed by atoms with Gasteiger partial charge in [-0.1, -0.05) is 18.2 Å². The van der Waals surface area contributed by atoms with Crippen LogP contribution in [0.5, 0.6) is 5.75 Å². The molecule has 0 bridgehead atoms. The molecule has 0 unspecified atom stereocenters. The van der Waals surface area contributed by atoms with Crippen molar-refractivity contribution in [1.29, 1.82) is 0 Å². The molecule has 0 aliphatic carbocycles. The number of rotatable bonds is 7. The summed E-state index contributed by atoms with van der Waals surface area (Å²) in [7, 11) is -2.18. The van der Waals surface area contributed by atoms with E-state index in [1.54, 1.807) is 31.2 Å². The molecule has 0 radical (unpaired) electrons. The first-order valence-electron chi connectivity index (χ1n) is 7.91. The Balaban J connectivity index is 2.15. The molecule has 144 valence electrons. The van der Waals surface area contributed by atoms with Gasteiger partial charge in [0.15, 0.2) is 0 Å². The van der Waals surface area contributed by atoms with Crippen molar-refractivity contribution >= 4 is 49.9 Å². The summed E-state index contributed by atoms with van der Waals surface area (Å²) in [6.07, 6.45) is 1.04. The fraction of sp³-hybridized carbons (Fsp3) is 0.222. The van der Waals surface area contributed by atoms with Gasteiger partial charge in [-0.15, -0.1) is 0 Å². The van der Waals surface area contributed by atoms with Crippen molar-refractivity contribution in [3.63, 3.8) is 0 Å². The van der Waals surface area contributed by atoms with Gasteiger partial charge < -0.3 is 4.74 Å². The first kappa shape index (κ1) is 21.2. The Morgan fingerprint density at radius 1 is 1.22 bits per heavy atom. The van der Waals surface area contributed by atoms with E-state index >= 15 is 0 Å². The van der Waals surface area contributed by atoms with Crippen LogP contribution >= 0.6 is 22.6 Å². The SMILES string of the molecule is COc1cccc(N(CC(=O)N/N=C(/C)c2cccc(I)c2)S(C)(=O)=O)c1. The van der Waals surface area contributed by atoms with Crippen LogP contribution in [0.4, 0.5) is 5.69 Å². The molecular formula is C18H20IN3O4S. The predicted octanol–water partition coefficient (Wildman–Crippen LogP) is 2.61. The van der Waals surface area contributed by atoms with Gasteiger partial charge in [-0.2, -0.15) is 5.10 Å². The summed E-state index contributed by atoms with van der Waals surface area (Å²) in [4.78, 5) is 12.3. The summed E-state index contributed by atoms with van der Waals surface area (Å²) < 4.78 is 31.4. The molecule has 0 aromatic heterocycles. The standard InChI is InChI=1S/C18H20IN3O4S/c1-13(14-6-4-7-15(19)10-14)20-21-18(23)12-22(27(3,24)25)16-8-5-9-17(11-16)26-2/h4-11H,12H2,1-3H3,(H,21,23)/b20-13-. The van der Waals surface area contributed by atoms with Gasteiger partial charge in [0.1, 0.15) is 12.3 Å². The van der Waals surface area contributed by atoms with Gasteiger partial charge in [-0.05, 0) is 59.3 Å². The van der Waals surface area contributed by atoms with Gasteiger partial charge in [0.25, 0.3) is 5.91 Å². The minimum Gasteiger partial charge on any atom is -0.497 e. The van der Waals surface area contributed by atoms with Crippen molar-refractivity contribution in [3.05, 3.63) is 57.7 Å². The molecule has 2 rings (SSSR count). The van der Waals surface area contributed by atoms with Crippen molar-refractivity contribution in [2.45, 2.75) is 6.92 Å². The van der Waals surface area contributed by atoms with E-state index in [0.717, 1.165) is 19.7 Å². The molecule has 0 fully saturated rings. The maximum Gasteiger partial charge on any atom is 0.260 e. The summed E-state index contributed by atoms with van der Waals surface area (Å²) in [5.41, 5.74) is 4.24. The number of carbonyl (C=O) groups is 1. The van der Waals surface area contributed by atoms with Crippen molar-refractivity contribution < 1.29 is 17.9 Å². The van der Waals surface area contributed by atoms with E-state index in [4.69, 9.17) is 4.74 Å². The lowest BCUT2D eigenvalue weighted by Crippen LogP contribution is -2.39. The van der Waals surface area contributed by atoms with E-state index in [0.29, 0.717) is 17.1 Å². The highest BCUT2D eigenvalue weighted by molar-refractivity contribution is 14.1. The summed E-state index contributed by atoms with van der Waals surface area (Å²) in [5.74, 6) is -0.0534. The van der Waals surface area contributed by atoms with E-state index in [2.05, 4.69) is 33.1 Å². The number of hydrogen-bond acceptors (Lipinski definition) is 5. The first-order chi connectivity index (χ1) is 12.7. The van der Waals surface area contributed by atoms with E-state index in [-0.39, 0.29) is 0 Å². The van der Waals surface area contributed by atoms with Crippen molar-refractivity contribution in [2.24, 2.45) is 5.10 Å². The van der Waals surface area contributed by atoms with Crippen LogP contribution in [0.15, 0.2) is 53.6 Å². The summed E-state index contributed by atoms with van der Waals surface area (Å²) >= 11 is 2.19. The normalized spacial score (nSPS) is 11.8. The number of methoxy groups -OCH3 is 1. The molecule has 0 aliphatic heterocycles. The Hall–Kier alpha value is -2.14. The molecular weight excluding hydrogens is 481 g/mol. The number of hydrazone groups is 1. The van der Waals surface area contributed by atoms with Crippen LogP contribution in [0.1, 0.15) is 12.5 Å². The van der Waals surface area contributed by atoms with Gasteiger partial charge in [0, 0.05) is 9.64 Å². The second kappa shape index (κ2) is 9.18. The Kier molecular flexibility index (Phi) is 7.19. The predicted molar refractivity (Wildman–Crippen MR) is 115 cm³/mol. The number of anilines is 1. The molecule has 1 amide bonds.